The first-order chi connectivity index (χ1) is 6.40. The van der Waals surface area contributed by atoms with Gasteiger partial charge in [-0.2, -0.15) is 0 Å². The molecule has 0 atom stereocenters. The Morgan fingerprint density at radius 1 is 1.46 bits per heavy atom. The number of allylic oxidation sites excluding steroid dienone is 1. The van der Waals surface area contributed by atoms with Crippen molar-refractivity contribution in [2.45, 2.75) is 6.42 Å². The van der Waals surface area contributed by atoms with Crippen LogP contribution in [0, 0.1) is 0 Å². The van der Waals surface area contributed by atoms with Gasteiger partial charge in [0, 0.05) is 19.3 Å². The minimum Gasteiger partial charge on any atom is -0.341 e. The number of hydrogen-bond donors (Lipinski definition) is 0. The zero-order valence-corrected chi connectivity index (χ0v) is 7.44. The summed E-state index contributed by atoms with van der Waals surface area (Å²) in [6, 6.07) is 0. The lowest BCUT2D eigenvalue weighted by Gasteiger charge is -2.24. The molecule has 2 rings (SSSR count). The Bertz CT molecular complexity index is 302. The molecule has 3 nitrogen and oxygen atoms in total. The summed E-state index contributed by atoms with van der Waals surface area (Å²) in [5, 5.41) is 0. The van der Waals surface area contributed by atoms with Crippen molar-refractivity contribution in [3.8, 4) is 0 Å². The number of hydrogen-bond acceptors (Lipinski definition) is 2. The molecule has 0 aromatic rings. The third-order valence-electron chi connectivity index (χ3n) is 2.38. The predicted molar refractivity (Wildman–Crippen MR) is 51.8 cm³/mol. The molecule has 13 heavy (non-hydrogen) atoms. The normalized spacial score (nSPS) is 21.4. The summed E-state index contributed by atoms with van der Waals surface area (Å²) in [6.45, 7) is 2.31. The fraction of sp³-hybridized carbons (Fsp3) is 0.400. The quantitative estimate of drug-likeness (QED) is 0.543. The molecule has 0 bridgehead atoms. The van der Waals surface area contributed by atoms with Crippen LogP contribution in [0.1, 0.15) is 6.42 Å². The highest BCUT2D eigenvalue weighted by atomic mass is 16.1. The van der Waals surface area contributed by atoms with E-state index in [1.165, 1.54) is 11.1 Å². The number of amides is 1. The molecule has 2 aliphatic rings. The van der Waals surface area contributed by atoms with Crippen LogP contribution in [0.4, 0.5) is 0 Å². The van der Waals surface area contributed by atoms with Crippen LogP contribution in [-0.4, -0.2) is 37.2 Å². The van der Waals surface area contributed by atoms with Crippen molar-refractivity contribution in [3.63, 3.8) is 0 Å². The number of rotatable bonds is 1. The summed E-state index contributed by atoms with van der Waals surface area (Å²) in [5.41, 5.74) is 2.52. The largest absolute Gasteiger partial charge is 0.341 e. The Labute approximate surface area is 77.4 Å². The summed E-state index contributed by atoms with van der Waals surface area (Å²) >= 11 is 0. The van der Waals surface area contributed by atoms with Crippen LogP contribution in [0.2, 0.25) is 0 Å². The summed E-state index contributed by atoms with van der Waals surface area (Å²) in [5.74, 6) is 0. The van der Waals surface area contributed by atoms with Crippen LogP contribution < -0.4 is 0 Å². The third-order valence-corrected chi connectivity index (χ3v) is 2.38. The van der Waals surface area contributed by atoms with Crippen molar-refractivity contribution in [1.82, 2.24) is 4.90 Å². The van der Waals surface area contributed by atoms with Gasteiger partial charge in [0.1, 0.15) is 0 Å². The second-order valence-electron chi connectivity index (χ2n) is 3.27. The lowest BCUT2D eigenvalue weighted by Crippen LogP contribution is -2.30. The summed E-state index contributed by atoms with van der Waals surface area (Å²) < 4.78 is 0. The number of carbonyl (C=O) groups excluding carboxylic acids is 1. The fourth-order valence-electron chi connectivity index (χ4n) is 1.65. The van der Waals surface area contributed by atoms with Gasteiger partial charge >= 0.3 is 0 Å². The lowest BCUT2D eigenvalue weighted by molar-refractivity contribution is -0.117. The minimum atomic E-state index is 0.715. The molecule has 68 valence electrons. The number of aliphatic imine (C=N–C) groups is 1. The highest BCUT2D eigenvalue weighted by Crippen LogP contribution is 2.18. The molecule has 0 aliphatic carbocycles. The van der Waals surface area contributed by atoms with Gasteiger partial charge in [-0.1, -0.05) is 12.2 Å². The molecule has 1 amide bonds. The topological polar surface area (TPSA) is 32.7 Å². The SMILES string of the molecule is O=CN1CCC2=C(C=NCC=C2)C1. The van der Waals surface area contributed by atoms with Crippen LogP contribution in [0.15, 0.2) is 28.3 Å². The molecule has 0 radical (unpaired) electrons. The molecule has 0 aromatic carbocycles. The zero-order chi connectivity index (χ0) is 9.10. The Morgan fingerprint density at radius 2 is 2.38 bits per heavy atom. The van der Waals surface area contributed by atoms with Gasteiger partial charge in [0.15, 0.2) is 0 Å². The molecule has 0 fully saturated rings. The fourth-order valence-corrected chi connectivity index (χ4v) is 1.65. The van der Waals surface area contributed by atoms with Crippen LogP contribution >= 0.6 is 0 Å². The summed E-state index contributed by atoms with van der Waals surface area (Å²) in [7, 11) is 0. The Morgan fingerprint density at radius 3 is 3.23 bits per heavy atom. The molecule has 0 aromatic heterocycles. The average molecular weight is 176 g/mol. The summed E-state index contributed by atoms with van der Waals surface area (Å²) in [4.78, 5) is 16.6. The standard InChI is InChI=1S/C10H12N2O/c13-8-12-5-3-9-2-1-4-11-6-10(9)7-12/h1-2,6,8H,3-5,7H2. The first-order valence-corrected chi connectivity index (χ1v) is 4.48. The minimum absolute atomic E-state index is 0.715. The van der Waals surface area contributed by atoms with Crippen molar-refractivity contribution in [2.75, 3.05) is 19.6 Å². The van der Waals surface area contributed by atoms with E-state index < -0.39 is 0 Å². The molecule has 0 unspecified atom stereocenters. The Kier molecular flexibility index (Phi) is 2.25. The van der Waals surface area contributed by atoms with Gasteiger partial charge in [-0.05, 0) is 17.6 Å². The van der Waals surface area contributed by atoms with E-state index >= 15 is 0 Å². The van der Waals surface area contributed by atoms with Gasteiger partial charge < -0.3 is 4.90 Å². The second-order valence-corrected chi connectivity index (χ2v) is 3.27. The van der Waals surface area contributed by atoms with Crippen LogP contribution in [0.5, 0.6) is 0 Å². The van der Waals surface area contributed by atoms with Gasteiger partial charge in [0.25, 0.3) is 0 Å². The Hall–Kier alpha value is -1.38. The second kappa shape index (κ2) is 3.56. The van der Waals surface area contributed by atoms with Crippen LogP contribution in [-0.2, 0) is 4.79 Å². The van der Waals surface area contributed by atoms with Crippen molar-refractivity contribution in [2.24, 2.45) is 4.99 Å². The van der Waals surface area contributed by atoms with E-state index in [0.29, 0.717) is 6.54 Å². The maximum atomic E-state index is 10.6. The first-order valence-electron chi connectivity index (χ1n) is 4.48. The molecule has 0 N–H and O–H groups in total. The van der Waals surface area contributed by atoms with Crippen molar-refractivity contribution in [3.05, 3.63) is 23.3 Å². The zero-order valence-electron chi connectivity index (χ0n) is 7.44. The summed E-state index contributed by atoms with van der Waals surface area (Å²) in [6.07, 6.45) is 7.95. The highest BCUT2D eigenvalue weighted by Gasteiger charge is 2.15. The van der Waals surface area contributed by atoms with Crippen LogP contribution in [0.3, 0.4) is 0 Å². The van der Waals surface area contributed by atoms with Gasteiger partial charge in [0.05, 0.1) is 6.54 Å². The van der Waals surface area contributed by atoms with Gasteiger partial charge in [-0.15, -0.1) is 0 Å². The molecule has 0 spiro atoms. The Balaban J connectivity index is 2.24. The van der Waals surface area contributed by atoms with E-state index in [1.54, 1.807) is 4.90 Å². The van der Waals surface area contributed by atoms with Gasteiger partial charge in [-0.25, -0.2) is 0 Å². The van der Waals surface area contributed by atoms with Gasteiger partial charge in [-0.3, -0.25) is 9.79 Å². The number of nitrogens with zero attached hydrogens (tertiary/aromatic N) is 2. The van der Waals surface area contributed by atoms with E-state index in [9.17, 15) is 4.79 Å². The lowest BCUT2D eigenvalue weighted by atomic mass is 10.0. The van der Waals surface area contributed by atoms with Crippen molar-refractivity contribution >= 4 is 12.6 Å². The average Bonchev–Trinajstić information content (AvgIpc) is 2.41. The third kappa shape index (κ3) is 1.69. The van der Waals surface area contributed by atoms with E-state index in [-0.39, 0.29) is 0 Å². The number of carbonyl (C=O) groups is 1. The highest BCUT2D eigenvalue weighted by molar-refractivity contribution is 5.82. The van der Waals surface area contributed by atoms with E-state index in [1.807, 2.05) is 6.21 Å². The maximum Gasteiger partial charge on any atom is 0.210 e. The smallest absolute Gasteiger partial charge is 0.210 e. The monoisotopic (exact) mass is 176 g/mol. The molecule has 2 heterocycles. The van der Waals surface area contributed by atoms with E-state index in [4.69, 9.17) is 0 Å². The first kappa shape index (κ1) is 8.23. The molecule has 0 saturated carbocycles. The molecule has 2 aliphatic heterocycles. The van der Waals surface area contributed by atoms with E-state index in [0.717, 1.165) is 25.9 Å². The predicted octanol–water partition coefficient (Wildman–Crippen LogP) is 0.786. The van der Waals surface area contributed by atoms with Crippen molar-refractivity contribution < 1.29 is 4.79 Å². The van der Waals surface area contributed by atoms with Crippen LogP contribution in [0.25, 0.3) is 0 Å². The van der Waals surface area contributed by atoms with E-state index in [2.05, 4.69) is 17.1 Å². The van der Waals surface area contributed by atoms with Gasteiger partial charge in [0.2, 0.25) is 6.41 Å². The maximum absolute atomic E-state index is 10.6. The molecule has 0 saturated heterocycles. The molecular weight excluding hydrogens is 164 g/mol. The molecule has 3 heteroatoms. The van der Waals surface area contributed by atoms with Crippen molar-refractivity contribution in [1.29, 1.82) is 0 Å². The molecular formula is C10H12N2O.